The maximum absolute atomic E-state index is 12.7. The number of rotatable bonds is 5. The number of amides is 2. The van der Waals surface area contributed by atoms with Gasteiger partial charge in [-0.3, -0.25) is 9.68 Å². The molecule has 2 amide bonds. The van der Waals surface area contributed by atoms with Crippen molar-refractivity contribution in [2.75, 3.05) is 26.2 Å². The fourth-order valence-corrected chi connectivity index (χ4v) is 4.21. The van der Waals surface area contributed by atoms with Crippen molar-refractivity contribution >= 4 is 22.2 Å². The molecule has 0 aliphatic carbocycles. The number of benzene rings is 1. The molecule has 2 saturated heterocycles. The van der Waals surface area contributed by atoms with Crippen LogP contribution in [0.4, 0.5) is 9.59 Å². The smallest absolute Gasteiger partial charge is 0.307 e. The molecule has 0 bridgehead atoms. The highest BCUT2D eigenvalue weighted by molar-refractivity contribution is 7.89. The normalized spacial score (nSPS) is 17.7. The molecule has 2 aliphatic heterocycles. The van der Waals surface area contributed by atoms with Crippen LogP contribution in [0.5, 0.6) is 0 Å². The van der Waals surface area contributed by atoms with Crippen molar-refractivity contribution in [3.63, 3.8) is 0 Å². The summed E-state index contributed by atoms with van der Waals surface area (Å²) in [6.07, 6.45) is 3.78. The van der Waals surface area contributed by atoms with Crippen LogP contribution < -0.4 is 4.83 Å². The van der Waals surface area contributed by atoms with Gasteiger partial charge in [0.05, 0.1) is 4.90 Å². The number of nitrogens with one attached hydrogen (secondary N) is 1. The molecule has 0 aromatic heterocycles. The summed E-state index contributed by atoms with van der Waals surface area (Å²) in [5.41, 5.74) is 0.888. The first-order valence-corrected chi connectivity index (χ1v) is 11.7. The third-order valence-electron chi connectivity index (χ3n) is 5.08. The molecule has 0 saturated carbocycles. The van der Waals surface area contributed by atoms with Gasteiger partial charge < -0.3 is 9.80 Å². The fourth-order valence-electron chi connectivity index (χ4n) is 3.33. The van der Waals surface area contributed by atoms with E-state index < -0.39 is 22.2 Å². The maximum atomic E-state index is 12.7. The minimum atomic E-state index is -4.14. The highest BCUT2D eigenvalue weighted by Gasteiger charge is 2.30. The summed E-state index contributed by atoms with van der Waals surface area (Å²) in [6.45, 7) is 3.82. The Morgan fingerprint density at radius 1 is 0.833 bits per heavy atom. The zero-order chi connectivity index (χ0) is 21.6. The molecule has 30 heavy (non-hydrogen) atoms. The standard InChI is InChI=1S/C19H28N4O6S/c1-16-8-10-17(11-9-16)30(26,27)20-23(28-18(24)21-12-4-2-5-13-21)29-19(25)22-14-6-3-7-15-22/h8-11,20H,2-7,12-15H2,1H3. The summed E-state index contributed by atoms with van der Waals surface area (Å²) < 4.78 is 25.4. The van der Waals surface area contributed by atoms with Crippen molar-refractivity contribution in [3.05, 3.63) is 29.8 Å². The van der Waals surface area contributed by atoms with E-state index >= 15 is 0 Å². The number of hydrogen-bond acceptors (Lipinski definition) is 7. The zero-order valence-corrected chi connectivity index (χ0v) is 17.9. The van der Waals surface area contributed by atoms with Crippen LogP contribution >= 0.6 is 0 Å². The average Bonchev–Trinajstić information content (AvgIpc) is 2.75. The van der Waals surface area contributed by atoms with Crippen molar-refractivity contribution in [2.45, 2.75) is 50.3 Å². The van der Waals surface area contributed by atoms with Gasteiger partial charge in [-0.05, 0) is 57.6 Å². The third kappa shape index (κ3) is 6.07. The Morgan fingerprint density at radius 3 is 1.70 bits per heavy atom. The first-order valence-electron chi connectivity index (χ1n) is 10.2. The van der Waals surface area contributed by atoms with E-state index in [9.17, 15) is 18.0 Å². The Kier molecular flexibility index (Phi) is 7.51. The van der Waals surface area contributed by atoms with Gasteiger partial charge in [-0.1, -0.05) is 22.5 Å². The summed E-state index contributed by atoms with van der Waals surface area (Å²) in [7, 11) is -4.14. The lowest BCUT2D eigenvalue weighted by atomic mass is 10.1. The van der Waals surface area contributed by atoms with E-state index in [2.05, 4.69) is 0 Å². The lowest BCUT2D eigenvalue weighted by Gasteiger charge is -2.30. The van der Waals surface area contributed by atoms with Crippen molar-refractivity contribution < 1.29 is 27.7 Å². The molecular weight excluding hydrogens is 412 g/mol. The van der Waals surface area contributed by atoms with E-state index in [-0.39, 0.29) is 10.2 Å². The van der Waals surface area contributed by atoms with Gasteiger partial charge in [0.2, 0.25) is 0 Å². The van der Waals surface area contributed by atoms with Crippen molar-refractivity contribution in [1.82, 2.24) is 20.0 Å². The Balaban J connectivity index is 1.72. The number of likely N-dealkylation sites (tertiary alicyclic amines) is 2. The number of piperidine rings is 2. The van der Waals surface area contributed by atoms with Crippen LogP contribution in [0.1, 0.15) is 44.1 Å². The monoisotopic (exact) mass is 440 g/mol. The molecule has 0 radical (unpaired) electrons. The molecule has 1 aromatic carbocycles. The quantitative estimate of drug-likeness (QED) is 0.701. The summed E-state index contributed by atoms with van der Waals surface area (Å²) in [5, 5.41) is 0.253. The topological polar surface area (TPSA) is 108 Å². The second-order valence-electron chi connectivity index (χ2n) is 7.47. The fraction of sp³-hybridized carbons (Fsp3) is 0.579. The lowest BCUT2D eigenvalue weighted by Crippen LogP contribution is -2.50. The lowest BCUT2D eigenvalue weighted by molar-refractivity contribution is -0.322. The molecule has 1 N–H and O–H groups in total. The van der Waals surface area contributed by atoms with Gasteiger partial charge in [-0.25, -0.2) is 18.0 Å². The number of aryl methyl sites for hydroxylation is 1. The van der Waals surface area contributed by atoms with Gasteiger partial charge in [0.25, 0.3) is 10.0 Å². The molecule has 3 rings (SSSR count). The molecule has 0 atom stereocenters. The van der Waals surface area contributed by atoms with Crippen molar-refractivity contribution in [2.24, 2.45) is 0 Å². The van der Waals surface area contributed by atoms with E-state index in [1.807, 2.05) is 11.8 Å². The first-order chi connectivity index (χ1) is 14.3. The van der Waals surface area contributed by atoms with E-state index in [1.165, 1.54) is 21.9 Å². The van der Waals surface area contributed by atoms with E-state index in [0.29, 0.717) is 26.2 Å². The molecule has 0 unspecified atom stereocenters. The largest absolute Gasteiger partial charge is 0.432 e. The average molecular weight is 441 g/mol. The van der Waals surface area contributed by atoms with Crippen molar-refractivity contribution in [3.8, 4) is 0 Å². The second-order valence-corrected chi connectivity index (χ2v) is 9.14. The molecule has 2 heterocycles. The van der Waals surface area contributed by atoms with Gasteiger partial charge >= 0.3 is 12.2 Å². The third-order valence-corrected chi connectivity index (χ3v) is 6.36. The SMILES string of the molecule is Cc1ccc(S(=O)(=O)NN(OC(=O)N2CCCCC2)OC(=O)N2CCCCC2)cc1. The number of sulfonamides is 1. The van der Waals surface area contributed by atoms with E-state index in [0.717, 1.165) is 44.1 Å². The summed E-state index contributed by atoms with van der Waals surface area (Å²) >= 11 is 0. The van der Waals surface area contributed by atoms with Gasteiger partial charge in [0, 0.05) is 26.2 Å². The summed E-state index contributed by atoms with van der Waals surface area (Å²) in [6, 6.07) is 6.10. The Labute approximate surface area is 176 Å². The Morgan fingerprint density at radius 2 is 1.27 bits per heavy atom. The predicted octanol–water partition coefficient (Wildman–Crippen LogP) is 2.57. The number of hydrogen-bond donors (Lipinski definition) is 1. The zero-order valence-electron chi connectivity index (χ0n) is 17.1. The number of carbonyl (C=O) groups is 2. The van der Waals surface area contributed by atoms with Gasteiger partial charge in [-0.15, -0.1) is 0 Å². The van der Waals surface area contributed by atoms with Crippen LogP contribution in [0, 0.1) is 6.92 Å². The molecule has 166 valence electrons. The van der Waals surface area contributed by atoms with Crippen LogP contribution in [-0.4, -0.2) is 61.9 Å². The molecule has 2 aliphatic rings. The molecular formula is C19H28N4O6S. The Bertz CT molecular complexity index is 801. The van der Waals surface area contributed by atoms with Gasteiger partial charge in [-0.2, -0.15) is 0 Å². The molecule has 11 heteroatoms. The molecule has 1 aromatic rings. The number of hydrazine groups is 1. The van der Waals surface area contributed by atoms with E-state index in [4.69, 9.17) is 9.68 Å². The van der Waals surface area contributed by atoms with Crippen LogP contribution in [0.15, 0.2) is 29.2 Å². The maximum Gasteiger partial charge on any atom is 0.432 e. The van der Waals surface area contributed by atoms with Crippen LogP contribution in [0.3, 0.4) is 0 Å². The molecule has 10 nitrogen and oxygen atoms in total. The number of carbonyl (C=O) groups excluding carboxylic acids is 2. The predicted molar refractivity (Wildman–Crippen MR) is 107 cm³/mol. The highest BCUT2D eigenvalue weighted by atomic mass is 32.2. The summed E-state index contributed by atoms with van der Waals surface area (Å²) in [4.78, 5) is 40.0. The van der Waals surface area contributed by atoms with Gasteiger partial charge in [0.1, 0.15) is 5.34 Å². The van der Waals surface area contributed by atoms with Crippen LogP contribution in [0.2, 0.25) is 0 Å². The molecule has 0 spiro atoms. The van der Waals surface area contributed by atoms with Gasteiger partial charge in [0.15, 0.2) is 0 Å². The first kappa shape index (κ1) is 22.3. The minimum absolute atomic E-state index is 0.0545. The van der Waals surface area contributed by atoms with Crippen LogP contribution in [-0.2, 0) is 19.7 Å². The van der Waals surface area contributed by atoms with Crippen molar-refractivity contribution in [1.29, 1.82) is 0 Å². The van der Waals surface area contributed by atoms with Crippen LogP contribution in [0.25, 0.3) is 0 Å². The minimum Gasteiger partial charge on any atom is -0.307 e. The molecule has 2 fully saturated rings. The summed E-state index contributed by atoms with van der Waals surface area (Å²) in [5.74, 6) is 0. The van der Waals surface area contributed by atoms with E-state index in [1.54, 1.807) is 12.1 Å². The Hall–Kier alpha value is -2.37. The second kappa shape index (κ2) is 10.1. The highest BCUT2D eigenvalue weighted by Crippen LogP contribution is 2.15. The number of nitrogens with zero attached hydrogens (tertiary/aromatic N) is 3.